The number of rotatable bonds is 5. The first-order valence-corrected chi connectivity index (χ1v) is 9.62. The van der Waals surface area contributed by atoms with Crippen molar-refractivity contribution in [2.45, 2.75) is 19.3 Å². The summed E-state index contributed by atoms with van der Waals surface area (Å²) in [5.74, 6) is 0.199. The van der Waals surface area contributed by atoms with Gasteiger partial charge in [0.25, 0.3) is 5.91 Å². The van der Waals surface area contributed by atoms with Crippen LogP contribution in [-0.4, -0.2) is 43.1 Å². The van der Waals surface area contributed by atoms with Crippen LogP contribution in [0.1, 0.15) is 29.6 Å². The molecule has 2 aromatic rings. The third kappa shape index (κ3) is 4.42. The fourth-order valence-corrected chi connectivity index (χ4v) is 3.41. The minimum Gasteiger partial charge on any atom is -0.454 e. The van der Waals surface area contributed by atoms with Crippen molar-refractivity contribution in [2.75, 3.05) is 37.1 Å². The molecule has 29 heavy (non-hydrogen) atoms. The number of hydrogen-bond donors (Lipinski definition) is 2. The van der Waals surface area contributed by atoms with Gasteiger partial charge >= 0.3 is 0 Å². The molecule has 2 aliphatic heterocycles. The average Bonchev–Trinajstić information content (AvgIpc) is 3.22. The van der Waals surface area contributed by atoms with Crippen molar-refractivity contribution >= 4 is 23.2 Å². The van der Waals surface area contributed by atoms with Crippen LogP contribution in [0.4, 0.5) is 15.8 Å². The molecule has 4 rings (SSSR count). The zero-order valence-corrected chi connectivity index (χ0v) is 15.9. The predicted octanol–water partition coefficient (Wildman–Crippen LogP) is 3.23. The van der Waals surface area contributed by atoms with E-state index in [0.29, 0.717) is 22.7 Å². The summed E-state index contributed by atoms with van der Waals surface area (Å²) < 4.78 is 24.7. The van der Waals surface area contributed by atoms with Gasteiger partial charge in [-0.1, -0.05) is 0 Å². The molecular formula is C21H22FN3O4. The number of nitrogens with one attached hydrogen (secondary N) is 2. The van der Waals surface area contributed by atoms with E-state index in [1.807, 2.05) is 0 Å². The minimum absolute atomic E-state index is 0.0104. The first-order valence-electron chi connectivity index (χ1n) is 9.62. The van der Waals surface area contributed by atoms with Crippen molar-refractivity contribution in [1.29, 1.82) is 0 Å². The first kappa shape index (κ1) is 19.0. The zero-order chi connectivity index (χ0) is 20.2. The van der Waals surface area contributed by atoms with Crippen LogP contribution in [0.3, 0.4) is 0 Å². The number of amides is 2. The third-order valence-electron chi connectivity index (χ3n) is 5.00. The molecule has 0 spiro atoms. The molecule has 0 unspecified atom stereocenters. The molecule has 152 valence electrons. The Balaban J connectivity index is 1.39. The lowest BCUT2D eigenvalue weighted by atomic mass is 10.1. The van der Waals surface area contributed by atoms with Crippen molar-refractivity contribution in [2.24, 2.45) is 0 Å². The number of carbonyl (C=O) groups excluding carboxylic acids is 2. The summed E-state index contributed by atoms with van der Waals surface area (Å²) in [4.78, 5) is 26.6. The Kier molecular flexibility index (Phi) is 5.50. The molecule has 1 saturated heterocycles. The summed E-state index contributed by atoms with van der Waals surface area (Å²) in [5, 5.41) is 5.57. The van der Waals surface area contributed by atoms with E-state index < -0.39 is 5.82 Å². The highest BCUT2D eigenvalue weighted by atomic mass is 19.1. The zero-order valence-electron chi connectivity index (χ0n) is 15.9. The largest absolute Gasteiger partial charge is 0.454 e. The maximum Gasteiger partial charge on any atom is 0.255 e. The van der Waals surface area contributed by atoms with Crippen LogP contribution < -0.4 is 20.1 Å². The van der Waals surface area contributed by atoms with Crippen molar-refractivity contribution in [1.82, 2.24) is 4.90 Å². The molecule has 1 fully saturated rings. The summed E-state index contributed by atoms with van der Waals surface area (Å²) >= 11 is 0. The Morgan fingerprint density at radius 1 is 1.00 bits per heavy atom. The number of anilines is 2. The lowest BCUT2D eigenvalue weighted by Gasteiger charge is -2.27. The average molecular weight is 399 g/mol. The first-order chi connectivity index (χ1) is 14.1. The second-order valence-corrected chi connectivity index (χ2v) is 7.01. The summed E-state index contributed by atoms with van der Waals surface area (Å²) in [6.45, 7) is 1.63. The monoisotopic (exact) mass is 399 g/mol. The van der Waals surface area contributed by atoms with E-state index in [0.717, 1.165) is 32.4 Å². The summed E-state index contributed by atoms with van der Waals surface area (Å²) in [6.07, 6.45) is 3.14. The Labute approximate surface area is 167 Å². The molecule has 2 aromatic carbocycles. The van der Waals surface area contributed by atoms with Gasteiger partial charge in [-0.25, -0.2) is 4.39 Å². The summed E-state index contributed by atoms with van der Waals surface area (Å²) in [5.41, 5.74) is 0.981. The van der Waals surface area contributed by atoms with E-state index >= 15 is 0 Å². The van der Waals surface area contributed by atoms with Gasteiger partial charge in [0.05, 0.1) is 12.2 Å². The number of halogens is 1. The van der Waals surface area contributed by atoms with Gasteiger partial charge in [0.15, 0.2) is 11.5 Å². The molecule has 2 heterocycles. The van der Waals surface area contributed by atoms with Crippen LogP contribution in [0.15, 0.2) is 36.4 Å². The normalized spacial score (nSPS) is 15.1. The molecule has 0 bridgehead atoms. The van der Waals surface area contributed by atoms with E-state index in [4.69, 9.17) is 9.47 Å². The SMILES string of the molecule is O=C(Nc1ccc(F)c(NCC(=O)N2CCCCC2)c1)c1ccc2c(c1)OCO2. The van der Waals surface area contributed by atoms with Gasteiger partial charge in [-0.15, -0.1) is 0 Å². The number of likely N-dealkylation sites (tertiary alicyclic amines) is 1. The number of carbonyl (C=O) groups is 2. The van der Waals surface area contributed by atoms with Crippen molar-refractivity contribution in [3.8, 4) is 11.5 Å². The van der Waals surface area contributed by atoms with E-state index in [2.05, 4.69) is 10.6 Å². The van der Waals surface area contributed by atoms with Crippen molar-refractivity contribution in [3.05, 3.63) is 47.8 Å². The Morgan fingerprint density at radius 3 is 2.62 bits per heavy atom. The molecule has 0 atom stereocenters. The molecule has 2 aliphatic rings. The number of piperidine rings is 1. The highest BCUT2D eigenvalue weighted by Crippen LogP contribution is 2.32. The Hall–Kier alpha value is -3.29. The van der Waals surface area contributed by atoms with Crippen LogP contribution >= 0.6 is 0 Å². The molecule has 0 aliphatic carbocycles. The van der Waals surface area contributed by atoms with E-state index in [9.17, 15) is 14.0 Å². The number of nitrogens with zero attached hydrogens (tertiary/aromatic N) is 1. The molecule has 8 heteroatoms. The molecule has 0 saturated carbocycles. The number of fused-ring (bicyclic) bond motifs is 1. The van der Waals surface area contributed by atoms with Gasteiger partial charge in [-0.05, 0) is 55.7 Å². The molecule has 0 aromatic heterocycles. The van der Waals surface area contributed by atoms with Gasteiger partial charge in [0, 0.05) is 24.3 Å². The van der Waals surface area contributed by atoms with Crippen LogP contribution in [-0.2, 0) is 4.79 Å². The second kappa shape index (κ2) is 8.38. The van der Waals surface area contributed by atoms with E-state index in [1.165, 1.54) is 18.2 Å². The summed E-state index contributed by atoms with van der Waals surface area (Å²) in [7, 11) is 0. The standard InChI is InChI=1S/C21H22FN3O4/c22-16-6-5-15(11-17(16)23-12-20(26)25-8-2-1-3-9-25)24-21(27)14-4-7-18-19(10-14)29-13-28-18/h4-7,10-11,23H,1-3,8-9,12-13H2,(H,24,27). The topological polar surface area (TPSA) is 79.9 Å². The highest BCUT2D eigenvalue weighted by molar-refractivity contribution is 6.05. The number of benzene rings is 2. The molecule has 0 radical (unpaired) electrons. The van der Waals surface area contributed by atoms with Gasteiger partial charge in [0.2, 0.25) is 12.7 Å². The number of hydrogen-bond acceptors (Lipinski definition) is 5. The molecular weight excluding hydrogens is 377 g/mol. The van der Waals surface area contributed by atoms with E-state index in [-0.39, 0.29) is 30.8 Å². The molecule has 7 nitrogen and oxygen atoms in total. The highest BCUT2D eigenvalue weighted by Gasteiger charge is 2.18. The van der Waals surface area contributed by atoms with Gasteiger partial charge < -0.3 is 25.0 Å². The lowest BCUT2D eigenvalue weighted by molar-refractivity contribution is -0.130. The van der Waals surface area contributed by atoms with Gasteiger partial charge in [0.1, 0.15) is 5.82 Å². The van der Waals surface area contributed by atoms with Gasteiger partial charge in [-0.2, -0.15) is 0 Å². The minimum atomic E-state index is -0.488. The fraction of sp³-hybridized carbons (Fsp3) is 0.333. The predicted molar refractivity (Wildman–Crippen MR) is 106 cm³/mol. The van der Waals surface area contributed by atoms with Crippen LogP contribution in [0.5, 0.6) is 11.5 Å². The second-order valence-electron chi connectivity index (χ2n) is 7.01. The van der Waals surface area contributed by atoms with Crippen molar-refractivity contribution < 1.29 is 23.5 Å². The fourth-order valence-electron chi connectivity index (χ4n) is 3.41. The summed E-state index contributed by atoms with van der Waals surface area (Å²) in [6, 6.07) is 9.09. The van der Waals surface area contributed by atoms with Crippen LogP contribution in [0.25, 0.3) is 0 Å². The van der Waals surface area contributed by atoms with Gasteiger partial charge in [-0.3, -0.25) is 9.59 Å². The maximum absolute atomic E-state index is 14.1. The Bertz CT molecular complexity index is 928. The van der Waals surface area contributed by atoms with Crippen molar-refractivity contribution in [3.63, 3.8) is 0 Å². The van der Waals surface area contributed by atoms with Crippen LogP contribution in [0.2, 0.25) is 0 Å². The quantitative estimate of drug-likeness (QED) is 0.807. The van der Waals surface area contributed by atoms with E-state index in [1.54, 1.807) is 23.1 Å². The smallest absolute Gasteiger partial charge is 0.255 e. The third-order valence-corrected chi connectivity index (χ3v) is 5.00. The van der Waals surface area contributed by atoms with Crippen LogP contribution in [0, 0.1) is 5.82 Å². The number of ether oxygens (including phenoxy) is 2. The molecule has 2 amide bonds. The maximum atomic E-state index is 14.1. The molecule has 2 N–H and O–H groups in total. The lowest BCUT2D eigenvalue weighted by Crippen LogP contribution is -2.39. The Morgan fingerprint density at radius 2 is 1.79 bits per heavy atom.